The van der Waals surface area contributed by atoms with Crippen LogP contribution in [0.3, 0.4) is 0 Å². The average Bonchev–Trinajstić information content (AvgIpc) is 3.35. The Labute approximate surface area is 196 Å². The Bertz CT molecular complexity index is 895. The van der Waals surface area contributed by atoms with Crippen molar-refractivity contribution < 1.29 is 9.47 Å². The second kappa shape index (κ2) is 14.5. The van der Waals surface area contributed by atoms with Crippen molar-refractivity contribution in [3.8, 4) is 0 Å². The van der Waals surface area contributed by atoms with Gasteiger partial charge in [-0.15, -0.1) is 0 Å². The van der Waals surface area contributed by atoms with Crippen LogP contribution in [-0.4, -0.2) is 36.3 Å². The summed E-state index contributed by atoms with van der Waals surface area (Å²) in [7, 11) is 1.58. The number of methoxy groups -OCH3 is 1. The fraction of sp³-hybridized carbons (Fsp3) is 0.360. The highest BCUT2D eigenvalue weighted by molar-refractivity contribution is 7.96. The van der Waals surface area contributed by atoms with Crippen LogP contribution >= 0.6 is 11.9 Å². The highest BCUT2D eigenvalue weighted by Crippen LogP contribution is 2.24. The predicted molar refractivity (Wildman–Crippen MR) is 136 cm³/mol. The van der Waals surface area contributed by atoms with Gasteiger partial charge in [0.25, 0.3) is 0 Å². The van der Waals surface area contributed by atoms with Gasteiger partial charge in [0.1, 0.15) is 17.9 Å². The number of nitrogens with one attached hydrogen (secondary N) is 2. The lowest BCUT2D eigenvalue weighted by Gasteiger charge is -2.12. The van der Waals surface area contributed by atoms with E-state index in [4.69, 9.17) is 9.47 Å². The van der Waals surface area contributed by atoms with Gasteiger partial charge < -0.3 is 14.8 Å². The molecule has 0 aliphatic carbocycles. The van der Waals surface area contributed by atoms with Gasteiger partial charge in [-0.05, 0) is 36.6 Å². The largest absolute Gasteiger partial charge is 0.497 e. The van der Waals surface area contributed by atoms with E-state index in [1.807, 2.05) is 38.1 Å². The van der Waals surface area contributed by atoms with Crippen molar-refractivity contribution in [2.24, 2.45) is 0 Å². The van der Waals surface area contributed by atoms with Gasteiger partial charge in [0.2, 0.25) is 0 Å². The molecule has 1 aromatic carbocycles. The molecule has 1 aliphatic rings. The summed E-state index contributed by atoms with van der Waals surface area (Å²) >= 11 is 1.70. The molecular formula is C25H34N4O2S. The highest BCUT2D eigenvalue weighted by atomic mass is 32.2. The molecule has 6 nitrogen and oxygen atoms in total. The number of allylic oxidation sites excluding steroid dienone is 3. The van der Waals surface area contributed by atoms with Gasteiger partial charge in [-0.1, -0.05) is 57.2 Å². The van der Waals surface area contributed by atoms with Gasteiger partial charge in [0.15, 0.2) is 0 Å². The molecule has 0 bridgehead atoms. The van der Waals surface area contributed by atoms with Crippen LogP contribution in [0.4, 0.5) is 11.5 Å². The van der Waals surface area contributed by atoms with E-state index < -0.39 is 0 Å². The minimum Gasteiger partial charge on any atom is -0.497 e. The smallest absolute Gasteiger partial charge is 0.134 e. The zero-order valence-corrected chi connectivity index (χ0v) is 20.1. The van der Waals surface area contributed by atoms with Gasteiger partial charge in [0.05, 0.1) is 18.9 Å². The fourth-order valence-electron chi connectivity index (χ4n) is 3.10. The number of ether oxygens (including phenoxy) is 2. The second-order valence-corrected chi connectivity index (χ2v) is 7.70. The molecule has 1 atom stereocenters. The van der Waals surface area contributed by atoms with E-state index in [2.05, 4.69) is 45.3 Å². The Morgan fingerprint density at radius 3 is 2.88 bits per heavy atom. The van der Waals surface area contributed by atoms with Gasteiger partial charge in [-0.25, -0.2) is 9.97 Å². The van der Waals surface area contributed by atoms with E-state index >= 15 is 0 Å². The van der Waals surface area contributed by atoms with Gasteiger partial charge in [-0.2, -0.15) is 0 Å². The zero-order chi connectivity index (χ0) is 23.2. The predicted octanol–water partition coefficient (Wildman–Crippen LogP) is 5.89. The molecule has 0 amide bonds. The van der Waals surface area contributed by atoms with Crippen LogP contribution in [0.1, 0.15) is 37.9 Å². The third kappa shape index (κ3) is 8.15. The Morgan fingerprint density at radius 1 is 1.31 bits per heavy atom. The summed E-state index contributed by atoms with van der Waals surface area (Å²) in [5.74, 6) is 2.09. The average molecular weight is 455 g/mol. The summed E-state index contributed by atoms with van der Waals surface area (Å²) in [4.78, 5) is 8.67. The minimum absolute atomic E-state index is 0.353. The second-order valence-electron chi connectivity index (χ2n) is 6.83. The lowest BCUT2D eigenvalue weighted by atomic mass is 10.1. The van der Waals surface area contributed by atoms with Crippen molar-refractivity contribution in [1.29, 1.82) is 0 Å². The monoisotopic (exact) mass is 454 g/mol. The van der Waals surface area contributed by atoms with Crippen LogP contribution in [0.2, 0.25) is 0 Å². The van der Waals surface area contributed by atoms with Crippen molar-refractivity contribution in [3.63, 3.8) is 0 Å². The Balaban J connectivity index is 0.00000176. The molecule has 0 spiro atoms. The topological polar surface area (TPSA) is 68.3 Å². The van der Waals surface area contributed by atoms with E-state index in [0.29, 0.717) is 23.4 Å². The molecule has 1 fully saturated rings. The Morgan fingerprint density at radius 2 is 2.16 bits per heavy atom. The van der Waals surface area contributed by atoms with Gasteiger partial charge in [-0.3, -0.25) is 4.72 Å². The quantitative estimate of drug-likeness (QED) is 0.190. The molecule has 0 saturated carbocycles. The third-order valence-electron chi connectivity index (χ3n) is 4.65. The molecule has 2 heterocycles. The Hall–Kier alpha value is -2.61. The van der Waals surface area contributed by atoms with Crippen LogP contribution in [-0.2, 0) is 15.2 Å². The molecule has 1 saturated heterocycles. The summed E-state index contributed by atoms with van der Waals surface area (Å²) in [6.45, 7) is 13.4. The molecule has 7 heteroatoms. The van der Waals surface area contributed by atoms with Crippen LogP contribution in [0, 0.1) is 0 Å². The number of aromatic nitrogens is 2. The molecule has 0 radical (unpaired) electrons. The third-order valence-corrected chi connectivity index (χ3v) is 5.50. The molecule has 32 heavy (non-hydrogen) atoms. The van der Waals surface area contributed by atoms with Gasteiger partial charge in [0, 0.05) is 36.2 Å². The first-order valence-electron chi connectivity index (χ1n) is 10.9. The Kier molecular flexibility index (Phi) is 11.6. The van der Waals surface area contributed by atoms with Crippen LogP contribution in [0.5, 0.6) is 0 Å². The van der Waals surface area contributed by atoms with Crippen molar-refractivity contribution in [3.05, 3.63) is 79.0 Å². The number of nitrogens with zero attached hydrogens (tertiary/aromatic N) is 2. The molecule has 2 N–H and O–H groups in total. The van der Waals surface area contributed by atoms with Crippen molar-refractivity contribution >= 4 is 29.0 Å². The summed E-state index contributed by atoms with van der Waals surface area (Å²) in [6, 6.07) is 10.2. The lowest BCUT2D eigenvalue weighted by molar-refractivity contribution is 0.115. The summed E-state index contributed by atoms with van der Waals surface area (Å²) in [5.41, 5.74) is 3.67. The molecule has 1 unspecified atom stereocenters. The van der Waals surface area contributed by atoms with E-state index in [0.717, 1.165) is 36.6 Å². The number of rotatable bonds is 11. The summed E-state index contributed by atoms with van der Waals surface area (Å²) < 4.78 is 14.3. The minimum atomic E-state index is 0.353. The first-order chi connectivity index (χ1) is 15.7. The van der Waals surface area contributed by atoms with Crippen LogP contribution < -0.4 is 10.0 Å². The number of hydrogen-bond donors (Lipinski definition) is 2. The lowest BCUT2D eigenvalue weighted by Crippen LogP contribution is -2.21. The normalized spacial score (nSPS) is 15.5. The molecular weight excluding hydrogens is 420 g/mol. The molecule has 2 aromatic rings. The van der Waals surface area contributed by atoms with E-state index in [9.17, 15) is 0 Å². The number of anilines is 2. The number of benzene rings is 1. The maximum absolute atomic E-state index is 5.63. The molecule has 1 aliphatic heterocycles. The van der Waals surface area contributed by atoms with E-state index in [1.165, 1.54) is 18.3 Å². The van der Waals surface area contributed by atoms with Gasteiger partial charge >= 0.3 is 0 Å². The molecule has 3 rings (SSSR count). The maximum atomic E-state index is 5.63. The maximum Gasteiger partial charge on any atom is 0.134 e. The van der Waals surface area contributed by atoms with E-state index in [-0.39, 0.29) is 0 Å². The molecule has 172 valence electrons. The summed E-state index contributed by atoms with van der Waals surface area (Å²) in [6.07, 6.45) is 7.69. The highest BCUT2D eigenvalue weighted by Gasteiger charge is 2.14. The van der Waals surface area contributed by atoms with Crippen molar-refractivity contribution in [2.45, 2.75) is 38.5 Å². The first-order valence-corrected chi connectivity index (χ1v) is 11.9. The van der Waals surface area contributed by atoms with Crippen LogP contribution in [0.25, 0.3) is 5.57 Å². The first kappa shape index (κ1) is 25.6. The molecule has 1 aromatic heterocycles. The standard InChI is InChI=1S/C23H28N4O2S.C2H6/c1-4-7-21(17(2)28-3)22-13-23(25-16-24-22)27-19-9-5-8-18(12-19)15-30-26-14-20-10-6-11-29-20;1-2/h4-5,7-9,12-13,16,20,26H,1-2,6,10-11,14-15H2,3H3,(H,24,25,27);1-2H3/b21-7+;. The fourth-order valence-corrected chi connectivity index (χ4v) is 3.85. The van der Waals surface area contributed by atoms with Crippen LogP contribution in [0.15, 0.2) is 67.7 Å². The zero-order valence-electron chi connectivity index (χ0n) is 19.3. The van der Waals surface area contributed by atoms with Crippen molar-refractivity contribution in [1.82, 2.24) is 14.7 Å². The van der Waals surface area contributed by atoms with E-state index in [1.54, 1.807) is 25.1 Å². The SMILES string of the molecule is C=C/C=C(\C(=C)OC)c1cc(Nc2cccc(CSNCC3CCCO3)c2)ncn1.CC. The summed E-state index contributed by atoms with van der Waals surface area (Å²) in [5, 5.41) is 3.35. The number of hydrogen-bond acceptors (Lipinski definition) is 7. The van der Waals surface area contributed by atoms with Crippen molar-refractivity contribution in [2.75, 3.05) is 25.6 Å².